The second-order valence-corrected chi connectivity index (χ2v) is 4.13. The van der Waals surface area contributed by atoms with Crippen LogP contribution in [0.4, 0.5) is 0 Å². The number of carbonyl (C=O) groups is 2. The van der Waals surface area contributed by atoms with Crippen molar-refractivity contribution in [3.05, 3.63) is 35.9 Å². The van der Waals surface area contributed by atoms with E-state index in [9.17, 15) is 9.59 Å². The van der Waals surface area contributed by atoms with E-state index in [4.69, 9.17) is 10.00 Å². The Morgan fingerprint density at radius 2 is 2.00 bits per heavy atom. The molecular weight excluding hydrogens is 244 g/mol. The van der Waals surface area contributed by atoms with Gasteiger partial charge in [0, 0.05) is 6.92 Å². The Kier molecular flexibility index (Phi) is 5.55. The zero-order valence-electron chi connectivity index (χ0n) is 10.9. The first-order valence-corrected chi connectivity index (χ1v) is 5.94. The summed E-state index contributed by atoms with van der Waals surface area (Å²) in [6.45, 7) is 2.88. The molecule has 0 heterocycles. The predicted molar refractivity (Wildman–Crippen MR) is 68.8 cm³/mol. The lowest BCUT2D eigenvalue weighted by Crippen LogP contribution is -2.29. The quantitative estimate of drug-likeness (QED) is 0.817. The van der Waals surface area contributed by atoms with Crippen LogP contribution in [0, 0.1) is 11.3 Å². The SMILES string of the molecule is CC(=O)N[C@@H](CC(=O)O[C@@H](C)C#N)c1ccccc1. The van der Waals surface area contributed by atoms with Crippen LogP contribution in [0.3, 0.4) is 0 Å². The number of nitriles is 1. The molecule has 1 aromatic rings. The van der Waals surface area contributed by atoms with Crippen LogP contribution < -0.4 is 5.32 Å². The Balaban J connectivity index is 2.74. The van der Waals surface area contributed by atoms with E-state index in [-0.39, 0.29) is 12.3 Å². The third kappa shape index (κ3) is 5.21. The minimum Gasteiger partial charge on any atom is -0.447 e. The number of benzene rings is 1. The summed E-state index contributed by atoms with van der Waals surface area (Å²) < 4.78 is 4.88. The summed E-state index contributed by atoms with van der Waals surface area (Å²) in [4.78, 5) is 22.8. The van der Waals surface area contributed by atoms with Gasteiger partial charge in [-0.05, 0) is 12.5 Å². The van der Waals surface area contributed by atoms with Crippen molar-refractivity contribution in [2.24, 2.45) is 0 Å². The summed E-state index contributed by atoms with van der Waals surface area (Å²) in [6.07, 6.45) is -0.795. The van der Waals surface area contributed by atoms with Gasteiger partial charge in [-0.3, -0.25) is 9.59 Å². The van der Waals surface area contributed by atoms with Crippen LogP contribution in [0.15, 0.2) is 30.3 Å². The highest BCUT2D eigenvalue weighted by Crippen LogP contribution is 2.17. The van der Waals surface area contributed by atoms with Crippen LogP contribution in [0.25, 0.3) is 0 Å². The number of nitrogens with one attached hydrogen (secondary N) is 1. The second kappa shape index (κ2) is 7.17. The summed E-state index contributed by atoms with van der Waals surface area (Å²) in [7, 11) is 0. The number of rotatable bonds is 5. The van der Waals surface area contributed by atoms with Gasteiger partial charge in [0.1, 0.15) is 6.07 Å². The fourth-order valence-corrected chi connectivity index (χ4v) is 1.62. The van der Waals surface area contributed by atoms with Gasteiger partial charge in [-0.15, -0.1) is 0 Å². The largest absolute Gasteiger partial charge is 0.447 e. The van der Waals surface area contributed by atoms with Crippen LogP contribution in [-0.4, -0.2) is 18.0 Å². The number of nitrogens with zero attached hydrogens (tertiary/aromatic N) is 1. The molecule has 19 heavy (non-hydrogen) atoms. The van der Waals surface area contributed by atoms with Gasteiger partial charge in [-0.2, -0.15) is 5.26 Å². The Morgan fingerprint density at radius 1 is 1.37 bits per heavy atom. The van der Waals surface area contributed by atoms with Crippen LogP contribution in [0.2, 0.25) is 0 Å². The maximum atomic E-state index is 11.7. The van der Waals surface area contributed by atoms with Crippen LogP contribution in [-0.2, 0) is 14.3 Å². The van der Waals surface area contributed by atoms with E-state index in [0.29, 0.717) is 0 Å². The molecule has 0 fully saturated rings. The average molecular weight is 260 g/mol. The second-order valence-electron chi connectivity index (χ2n) is 4.13. The van der Waals surface area contributed by atoms with Crippen molar-refractivity contribution in [3.63, 3.8) is 0 Å². The number of carbonyl (C=O) groups excluding carboxylic acids is 2. The van der Waals surface area contributed by atoms with E-state index in [0.717, 1.165) is 5.56 Å². The van der Waals surface area contributed by atoms with Gasteiger partial charge in [-0.1, -0.05) is 30.3 Å². The molecule has 5 heteroatoms. The molecule has 0 aliphatic rings. The van der Waals surface area contributed by atoms with E-state index >= 15 is 0 Å². The van der Waals surface area contributed by atoms with Crippen LogP contribution in [0.5, 0.6) is 0 Å². The van der Waals surface area contributed by atoms with Crippen molar-refractivity contribution in [2.75, 3.05) is 0 Å². The monoisotopic (exact) mass is 260 g/mol. The molecule has 5 nitrogen and oxygen atoms in total. The highest BCUT2D eigenvalue weighted by Gasteiger charge is 2.19. The molecule has 0 aliphatic heterocycles. The Morgan fingerprint density at radius 3 is 2.53 bits per heavy atom. The fraction of sp³-hybridized carbons (Fsp3) is 0.357. The van der Waals surface area contributed by atoms with Crippen LogP contribution >= 0.6 is 0 Å². The molecule has 2 atom stereocenters. The Labute approximate surface area is 112 Å². The van der Waals surface area contributed by atoms with Gasteiger partial charge in [-0.25, -0.2) is 0 Å². The Bertz CT molecular complexity index is 479. The third-order valence-corrected chi connectivity index (χ3v) is 2.44. The maximum absolute atomic E-state index is 11.7. The lowest BCUT2D eigenvalue weighted by molar-refractivity contribution is -0.146. The van der Waals surface area contributed by atoms with E-state index in [1.165, 1.54) is 13.8 Å². The van der Waals surface area contributed by atoms with Gasteiger partial charge in [0.05, 0.1) is 12.5 Å². The topological polar surface area (TPSA) is 79.2 Å². The lowest BCUT2D eigenvalue weighted by atomic mass is 10.0. The molecule has 1 rings (SSSR count). The number of ether oxygens (including phenoxy) is 1. The molecule has 0 aromatic heterocycles. The number of hydrogen-bond donors (Lipinski definition) is 1. The summed E-state index contributed by atoms with van der Waals surface area (Å²) >= 11 is 0. The molecule has 1 amide bonds. The molecule has 1 N–H and O–H groups in total. The fourth-order valence-electron chi connectivity index (χ4n) is 1.62. The van der Waals surface area contributed by atoms with Crippen molar-refractivity contribution in [2.45, 2.75) is 32.4 Å². The first-order valence-electron chi connectivity index (χ1n) is 5.94. The van der Waals surface area contributed by atoms with Gasteiger partial charge in [0.2, 0.25) is 5.91 Å². The van der Waals surface area contributed by atoms with Crippen molar-refractivity contribution in [3.8, 4) is 6.07 Å². The zero-order valence-corrected chi connectivity index (χ0v) is 10.9. The molecule has 0 radical (unpaired) electrons. The predicted octanol–water partition coefficient (Wildman–Crippen LogP) is 1.71. The van der Waals surface area contributed by atoms with E-state index in [1.807, 2.05) is 36.4 Å². The third-order valence-electron chi connectivity index (χ3n) is 2.44. The minimum atomic E-state index is -0.791. The van der Waals surface area contributed by atoms with Gasteiger partial charge in [0.15, 0.2) is 6.10 Å². The summed E-state index contributed by atoms with van der Waals surface area (Å²) in [5.74, 6) is -0.744. The average Bonchev–Trinajstić information content (AvgIpc) is 2.38. The van der Waals surface area contributed by atoms with Crippen LogP contribution in [0.1, 0.15) is 31.9 Å². The van der Waals surface area contributed by atoms with E-state index in [1.54, 1.807) is 0 Å². The van der Waals surface area contributed by atoms with Crippen molar-refractivity contribution in [1.82, 2.24) is 5.32 Å². The molecule has 100 valence electrons. The van der Waals surface area contributed by atoms with E-state index in [2.05, 4.69) is 5.32 Å². The number of esters is 1. The lowest BCUT2D eigenvalue weighted by Gasteiger charge is -2.18. The molecule has 0 bridgehead atoms. The van der Waals surface area contributed by atoms with Gasteiger partial charge < -0.3 is 10.1 Å². The molecule has 0 saturated carbocycles. The van der Waals surface area contributed by atoms with Crippen molar-refractivity contribution in [1.29, 1.82) is 5.26 Å². The molecular formula is C14H16N2O3. The normalized spacial score (nSPS) is 12.9. The van der Waals surface area contributed by atoms with Gasteiger partial charge in [0.25, 0.3) is 0 Å². The summed E-state index contributed by atoms with van der Waals surface area (Å²) in [6, 6.07) is 10.5. The van der Waals surface area contributed by atoms with Crippen molar-refractivity contribution >= 4 is 11.9 Å². The zero-order chi connectivity index (χ0) is 14.3. The highest BCUT2D eigenvalue weighted by atomic mass is 16.5. The molecule has 0 saturated heterocycles. The smallest absolute Gasteiger partial charge is 0.309 e. The first kappa shape index (κ1) is 14.7. The Hall–Kier alpha value is -2.35. The number of amides is 1. The highest BCUT2D eigenvalue weighted by molar-refractivity contribution is 5.76. The molecule has 1 aromatic carbocycles. The minimum absolute atomic E-state index is 0.00435. The molecule has 0 unspecified atom stereocenters. The molecule has 0 aliphatic carbocycles. The molecule has 0 spiro atoms. The summed E-state index contributed by atoms with van der Waals surface area (Å²) in [5.41, 5.74) is 0.819. The van der Waals surface area contributed by atoms with E-state index < -0.39 is 18.1 Å². The van der Waals surface area contributed by atoms with Crippen molar-refractivity contribution < 1.29 is 14.3 Å². The standard InChI is InChI=1S/C14H16N2O3/c1-10(9-15)19-14(18)8-13(16-11(2)17)12-6-4-3-5-7-12/h3-7,10,13H,8H2,1-2H3,(H,16,17)/t10-,13-/m0/s1. The number of hydrogen-bond acceptors (Lipinski definition) is 4. The van der Waals surface area contributed by atoms with Gasteiger partial charge >= 0.3 is 5.97 Å². The first-order chi connectivity index (χ1) is 9.02. The summed E-state index contributed by atoms with van der Waals surface area (Å²) in [5, 5.41) is 11.3. The maximum Gasteiger partial charge on any atom is 0.309 e.